The molecule has 3 rings (SSSR count). The first kappa shape index (κ1) is 16.7. The molecule has 3 aromatic carbocycles. The highest BCUT2D eigenvalue weighted by Crippen LogP contribution is 2.43. The lowest BCUT2D eigenvalue weighted by Crippen LogP contribution is -2.08. The van der Waals surface area contributed by atoms with Gasteiger partial charge < -0.3 is 10.0 Å². The summed E-state index contributed by atoms with van der Waals surface area (Å²) in [6, 6.07) is 20.7. The van der Waals surface area contributed by atoms with Crippen LogP contribution in [0, 0.1) is 0 Å². The van der Waals surface area contributed by atoms with Crippen LogP contribution < -0.4 is 4.90 Å². The Morgan fingerprint density at radius 1 is 0.958 bits per heavy atom. The van der Waals surface area contributed by atoms with Gasteiger partial charge in [0.2, 0.25) is 0 Å². The highest BCUT2D eigenvalue weighted by Gasteiger charge is 2.20. The van der Waals surface area contributed by atoms with Gasteiger partial charge in [-0.2, -0.15) is 0 Å². The van der Waals surface area contributed by atoms with E-state index in [1.807, 2.05) is 50.1 Å². The maximum Gasteiger partial charge on any atom is 0.120 e. The Kier molecular flexibility index (Phi) is 5.00. The number of benzene rings is 3. The molecular weight excluding hydrogens is 314 g/mol. The molecule has 3 heteroatoms. The summed E-state index contributed by atoms with van der Waals surface area (Å²) in [5, 5.41) is 13.0. The number of aromatic hydroxyl groups is 1. The third kappa shape index (κ3) is 3.22. The molecule has 3 aromatic rings. The summed E-state index contributed by atoms with van der Waals surface area (Å²) in [6.45, 7) is 2.16. The molecule has 0 aliphatic heterocycles. The van der Waals surface area contributed by atoms with Gasteiger partial charge in [0.25, 0.3) is 0 Å². The first-order chi connectivity index (χ1) is 11.6. The lowest BCUT2D eigenvalue weighted by atomic mass is 9.96. The summed E-state index contributed by atoms with van der Waals surface area (Å²) in [4.78, 5) is 2.10. The SMILES string of the molecule is CCSC(c1ccc(N(C)C)cc1)c1c(O)ccc2ccccc12. The van der Waals surface area contributed by atoms with E-state index >= 15 is 0 Å². The molecule has 0 saturated carbocycles. The quantitative estimate of drug-likeness (QED) is 0.669. The lowest BCUT2D eigenvalue weighted by molar-refractivity contribution is 0.470. The van der Waals surface area contributed by atoms with Crippen molar-refractivity contribution < 1.29 is 5.11 Å². The normalized spacial score (nSPS) is 12.3. The van der Waals surface area contributed by atoms with Crippen LogP contribution in [-0.2, 0) is 0 Å². The second-order valence-corrected chi connectivity index (χ2v) is 7.42. The first-order valence-electron chi connectivity index (χ1n) is 8.21. The molecule has 0 spiro atoms. The summed E-state index contributed by atoms with van der Waals surface area (Å²) in [5.41, 5.74) is 3.41. The maximum atomic E-state index is 10.6. The Bertz CT molecular complexity index is 827. The van der Waals surface area contributed by atoms with Crippen molar-refractivity contribution in [3.63, 3.8) is 0 Å². The van der Waals surface area contributed by atoms with Crippen LogP contribution >= 0.6 is 11.8 Å². The maximum absolute atomic E-state index is 10.6. The van der Waals surface area contributed by atoms with Gasteiger partial charge in [0, 0.05) is 25.3 Å². The Labute approximate surface area is 148 Å². The molecular formula is C21H23NOS. The monoisotopic (exact) mass is 337 g/mol. The molecule has 0 aliphatic rings. The van der Waals surface area contributed by atoms with Crippen molar-refractivity contribution in [2.75, 3.05) is 24.7 Å². The van der Waals surface area contributed by atoms with Gasteiger partial charge in [-0.05, 0) is 40.3 Å². The van der Waals surface area contributed by atoms with Crippen LogP contribution in [0.15, 0.2) is 60.7 Å². The average Bonchev–Trinajstić information content (AvgIpc) is 2.60. The molecule has 0 heterocycles. The van der Waals surface area contributed by atoms with Crippen molar-refractivity contribution in [1.82, 2.24) is 0 Å². The van der Waals surface area contributed by atoms with Gasteiger partial charge in [-0.1, -0.05) is 49.4 Å². The van der Waals surface area contributed by atoms with Gasteiger partial charge in [0.15, 0.2) is 0 Å². The molecule has 1 atom stereocenters. The van der Waals surface area contributed by atoms with Crippen LogP contribution in [0.4, 0.5) is 5.69 Å². The first-order valence-corrected chi connectivity index (χ1v) is 9.26. The van der Waals surface area contributed by atoms with Crippen molar-refractivity contribution in [3.8, 4) is 5.75 Å². The minimum absolute atomic E-state index is 0.123. The van der Waals surface area contributed by atoms with E-state index in [4.69, 9.17) is 0 Å². The standard InChI is InChI=1S/C21H23NOS/c1-4-24-21(16-9-12-17(13-10-16)22(2)3)20-18-8-6-5-7-15(18)11-14-19(20)23/h5-14,21,23H,4H2,1-3H3. The minimum atomic E-state index is 0.123. The summed E-state index contributed by atoms with van der Waals surface area (Å²) in [5.74, 6) is 1.36. The summed E-state index contributed by atoms with van der Waals surface area (Å²) in [7, 11) is 4.09. The third-order valence-electron chi connectivity index (χ3n) is 4.26. The number of phenols is 1. The summed E-state index contributed by atoms with van der Waals surface area (Å²) >= 11 is 1.85. The zero-order valence-corrected chi connectivity index (χ0v) is 15.2. The predicted molar refractivity (Wildman–Crippen MR) is 106 cm³/mol. The van der Waals surface area contributed by atoms with E-state index < -0.39 is 0 Å². The minimum Gasteiger partial charge on any atom is -0.508 e. The van der Waals surface area contributed by atoms with Gasteiger partial charge in [0.05, 0.1) is 5.25 Å². The predicted octanol–water partition coefficient (Wildman–Crippen LogP) is 5.45. The molecule has 1 unspecified atom stereocenters. The van der Waals surface area contributed by atoms with Crippen LogP contribution in [0.3, 0.4) is 0 Å². The second kappa shape index (κ2) is 7.18. The molecule has 0 radical (unpaired) electrons. The van der Waals surface area contributed by atoms with E-state index in [0.29, 0.717) is 5.75 Å². The largest absolute Gasteiger partial charge is 0.508 e. The van der Waals surface area contributed by atoms with Crippen LogP contribution in [0.25, 0.3) is 10.8 Å². The van der Waals surface area contributed by atoms with Gasteiger partial charge in [-0.3, -0.25) is 0 Å². The molecule has 0 bridgehead atoms. The zero-order valence-electron chi connectivity index (χ0n) is 14.4. The van der Waals surface area contributed by atoms with E-state index in [2.05, 4.69) is 48.2 Å². The van der Waals surface area contributed by atoms with E-state index in [1.54, 1.807) is 0 Å². The smallest absolute Gasteiger partial charge is 0.120 e. The van der Waals surface area contributed by atoms with Crippen molar-refractivity contribution in [2.24, 2.45) is 0 Å². The highest BCUT2D eigenvalue weighted by atomic mass is 32.2. The van der Waals surface area contributed by atoms with Gasteiger partial charge in [-0.15, -0.1) is 11.8 Å². The van der Waals surface area contributed by atoms with E-state index in [9.17, 15) is 5.11 Å². The lowest BCUT2D eigenvalue weighted by Gasteiger charge is -2.21. The molecule has 0 aromatic heterocycles. The van der Waals surface area contributed by atoms with Crippen LogP contribution in [-0.4, -0.2) is 25.0 Å². The van der Waals surface area contributed by atoms with Crippen LogP contribution in [0.2, 0.25) is 0 Å². The Hall–Kier alpha value is -2.13. The average molecular weight is 337 g/mol. The van der Waals surface area contributed by atoms with Crippen LogP contribution in [0.5, 0.6) is 5.75 Å². The van der Waals surface area contributed by atoms with E-state index in [-0.39, 0.29) is 5.25 Å². The number of rotatable bonds is 5. The van der Waals surface area contributed by atoms with Crippen molar-refractivity contribution in [2.45, 2.75) is 12.2 Å². The Balaban J connectivity index is 2.13. The molecule has 0 saturated heterocycles. The second-order valence-electron chi connectivity index (χ2n) is 6.04. The van der Waals surface area contributed by atoms with E-state index in [0.717, 1.165) is 22.1 Å². The molecule has 2 nitrogen and oxygen atoms in total. The molecule has 0 amide bonds. The number of phenolic OH excluding ortho intramolecular Hbond substituents is 1. The fourth-order valence-corrected chi connectivity index (χ4v) is 4.12. The van der Waals surface area contributed by atoms with Gasteiger partial charge in [-0.25, -0.2) is 0 Å². The number of nitrogens with zero attached hydrogens (tertiary/aromatic N) is 1. The summed E-state index contributed by atoms with van der Waals surface area (Å²) < 4.78 is 0. The van der Waals surface area contributed by atoms with Crippen LogP contribution in [0.1, 0.15) is 23.3 Å². The third-order valence-corrected chi connectivity index (χ3v) is 5.43. The molecule has 24 heavy (non-hydrogen) atoms. The molecule has 0 fully saturated rings. The van der Waals surface area contributed by atoms with Crippen molar-refractivity contribution >= 4 is 28.2 Å². The number of hydrogen-bond donors (Lipinski definition) is 1. The van der Waals surface area contributed by atoms with Gasteiger partial charge >= 0.3 is 0 Å². The number of fused-ring (bicyclic) bond motifs is 1. The Morgan fingerprint density at radius 3 is 2.33 bits per heavy atom. The molecule has 1 N–H and O–H groups in total. The Morgan fingerprint density at radius 2 is 1.67 bits per heavy atom. The van der Waals surface area contributed by atoms with Gasteiger partial charge in [0.1, 0.15) is 5.75 Å². The van der Waals surface area contributed by atoms with Crippen molar-refractivity contribution in [3.05, 3.63) is 71.8 Å². The fourth-order valence-electron chi connectivity index (χ4n) is 3.02. The highest BCUT2D eigenvalue weighted by molar-refractivity contribution is 7.99. The molecule has 0 aliphatic carbocycles. The number of thioether (sulfide) groups is 1. The number of anilines is 1. The number of hydrogen-bond acceptors (Lipinski definition) is 3. The van der Waals surface area contributed by atoms with E-state index in [1.165, 1.54) is 11.3 Å². The molecule has 124 valence electrons. The topological polar surface area (TPSA) is 23.5 Å². The fraction of sp³-hybridized carbons (Fsp3) is 0.238. The zero-order chi connectivity index (χ0) is 17.1. The van der Waals surface area contributed by atoms with Crippen molar-refractivity contribution in [1.29, 1.82) is 0 Å². The summed E-state index contributed by atoms with van der Waals surface area (Å²) in [6.07, 6.45) is 0.